The predicted octanol–water partition coefficient (Wildman–Crippen LogP) is 3.69. The second-order valence-corrected chi connectivity index (χ2v) is 7.13. The summed E-state index contributed by atoms with van der Waals surface area (Å²) in [7, 11) is 0. The number of benzene rings is 1. The number of nitrogens with zero attached hydrogens (tertiary/aromatic N) is 4. The maximum Gasteiger partial charge on any atom is 0.412 e. The summed E-state index contributed by atoms with van der Waals surface area (Å²) >= 11 is 0. The van der Waals surface area contributed by atoms with Crippen LogP contribution in [0.1, 0.15) is 31.9 Å². The van der Waals surface area contributed by atoms with E-state index in [0.717, 1.165) is 38.3 Å². The molecule has 1 aliphatic heterocycles. The fourth-order valence-corrected chi connectivity index (χ4v) is 2.67. The molecule has 0 aliphatic carbocycles. The molecule has 1 aliphatic rings. The van der Waals surface area contributed by atoms with Gasteiger partial charge in [0.2, 0.25) is 0 Å². The second kappa shape index (κ2) is 8.20. The number of piperazine rings is 1. The van der Waals surface area contributed by atoms with Crippen molar-refractivity contribution in [2.24, 2.45) is 5.11 Å². The molecule has 0 unspecified atom stereocenters. The van der Waals surface area contributed by atoms with Gasteiger partial charge >= 0.3 is 6.09 Å². The van der Waals surface area contributed by atoms with Gasteiger partial charge in [-0.2, -0.15) is 0 Å². The highest BCUT2D eigenvalue weighted by molar-refractivity contribution is 5.87. The van der Waals surface area contributed by atoms with Crippen molar-refractivity contribution in [3.8, 4) is 0 Å². The van der Waals surface area contributed by atoms with Crippen LogP contribution in [0.3, 0.4) is 0 Å². The topological polar surface area (TPSA) is 102 Å². The highest BCUT2D eigenvalue weighted by Gasteiger charge is 2.18. The van der Waals surface area contributed by atoms with Gasteiger partial charge in [0.1, 0.15) is 5.60 Å². The van der Waals surface area contributed by atoms with Crippen molar-refractivity contribution in [3.63, 3.8) is 0 Å². The van der Waals surface area contributed by atoms with E-state index in [1.165, 1.54) is 0 Å². The van der Waals surface area contributed by atoms with Crippen LogP contribution in [-0.2, 0) is 11.3 Å². The lowest BCUT2D eigenvalue weighted by atomic mass is 10.1. The third-order valence-electron chi connectivity index (χ3n) is 3.84. The monoisotopic (exact) mass is 346 g/mol. The molecule has 0 atom stereocenters. The second-order valence-electron chi connectivity index (χ2n) is 7.13. The van der Waals surface area contributed by atoms with Crippen LogP contribution in [0.2, 0.25) is 0 Å². The molecule has 2 rings (SSSR count). The molecule has 0 spiro atoms. The number of hydrogen-bond donors (Lipinski definition) is 2. The lowest BCUT2D eigenvalue weighted by Gasteiger charge is -2.27. The van der Waals surface area contributed by atoms with E-state index < -0.39 is 11.7 Å². The molecule has 8 heteroatoms. The predicted molar refractivity (Wildman–Crippen MR) is 98.0 cm³/mol. The van der Waals surface area contributed by atoms with Crippen LogP contribution in [0, 0.1) is 6.92 Å². The molecule has 1 fully saturated rings. The van der Waals surface area contributed by atoms with Gasteiger partial charge in [-0.25, -0.2) is 4.79 Å². The largest absolute Gasteiger partial charge is 0.444 e. The minimum absolute atomic E-state index is 0.515. The Morgan fingerprint density at radius 2 is 2.08 bits per heavy atom. The normalized spacial score (nSPS) is 15.4. The van der Waals surface area contributed by atoms with Gasteiger partial charge in [-0.1, -0.05) is 5.11 Å². The molecule has 0 radical (unpaired) electrons. The van der Waals surface area contributed by atoms with Gasteiger partial charge in [0.25, 0.3) is 0 Å². The summed E-state index contributed by atoms with van der Waals surface area (Å²) in [5.74, 6) is 0. The number of anilines is 1. The first kappa shape index (κ1) is 19.1. The van der Waals surface area contributed by atoms with Crippen molar-refractivity contribution >= 4 is 17.5 Å². The van der Waals surface area contributed by atoms with Gasteiger partial charge < -0.3 is 10.1 Å². The summed E-state index contributed by atoms with van der Waals surface area (Å²) in [5.41, 5.74) is 11.0. The smallest absolute Gasteiger partial charge is 0.412 e. The van der Waals surface area contributed by atoms with Gasteiger partial charge in [-0.05, 0) is 56.5 Å². The molecular formula is C17H26N6O2. The molecule has 0 bridgehead atoms. The van der Waals surface area contributed by atoms with Crippen LogP contribution >= 0.6 is 0 Å². The quantitative estimate of drug-likeness (QED) is 0.493. The Hall–Kier alpha value is -2.28. The molecule has 0 saturated carbocycles. The van der Waals surface area contributed by atoms with Crippen LogP contribution in [0.25, 0.3) is 10.4 Å². The molecule has 2 N–H and O–H groups in total. The molecule has 1 aromatic rings. The van der Waals surface area contributed by atoms with Crippen LogP contribution in [0.5, 0.6) is 0 Å². The molecule has 1 heterocycles. The van der Waals surface area contributed by atoms with Crippen molar-refractivity contribution in [1.82, 2.24) is 10.2 Å². The van der Waals surface area contributed by atoms with E-state index in [0.29, 0.717) is 16.9 Å². The van der Waals surface area contributed by atoms with Crippen molar-refractivity contribution in [2.45, 2.75) is 39.8 Å². The Morgan fingerprint density at radius 1 is 1.40 bits per heavy atom. The van der Waals surface area contributed by atoms with E-state index in [-0.39, 0.29) is 0 Å². The number of carbonyl (C=O) groups excluding carboxylic acids is 1. The van der Waals surface area contributed by atoms with Crippen molar-refractivity contribution < 1.29 is 9.53 Å². The van der Waals surface area contributed by atoms with Crippen molar-refractivity contribution in [3.05, 3.63) is 33.7 Å². The summed E-state index contributed by atoms with van der Waals surface area (Å²) in [4.78, 5) is 17.3. The Labute approximate surface area is 148 Å². The molecule has 1 amide bonds. The van der Waals surface area contributed by atoms with Crippen LogP contribution in [-0.4, -0.2) is 42.8 Å². The highest BCUT2D eigenvalue weighted by atomic mass is 16.6. The van der Waals surface area contributed by atoms with E-state index in [1.54, 1.807) is 0 Å². The zero-order chi connectivity index (χ0) is 18.4. The zero-order valence-electron chi connectivity index (χ0n) is 15.3. The van der Waals surface area contributed by atoms with E-state index in [2.05, 4.69) is 25.6 Å². The Kier molecular flexibility index (Phi) is 6.25. The van der Waals surface area contributed by atoms with Crippen LogP contribution in [0.15, 0.2) is 17.2 Å². The Bertz CT molecular complexity index is 670. The molecule has 25 heavy (non-hydrogen) atoms. The fourth-order valence-electron chi connectivity index (χ4n) is 2.67. The standard InChI is InChI=1S/C17H26N6O2/c1-12-14(20-16(24)25-17(2,3)4)9-13(10-15(12)21-22-18)11-23-7-5-19-6-8-23/h9-10,19H,5-8,11H2,1-4H3,(H,20,24). The highest BCUT2D eigenvalue weighted by Crippen LogP contribution is 2.29. The maximum atomic E-state index is 12.1. The molecule has 8 nitrogen and oxygen atoms in total. The van der Waals surface area contributed by atoms with E-state index in [9.17, 15) is 4.79 Å². The summed E-state index contributed by atoms with van der Waals surface area (Å²) in [6.45, 7) is 11.8. The van der Waals surface area contributed by atoms with Gasteiger partial charge in [0.15, 0.2) is 0 Å². The number of carbonyl (C=O) groups is 1. The number of rotatable bonds is 4. The van der Waals surface area contributed by atoms with E-state index in [1.807, 2.05) is 39.8 Å². The molecular weight excluding hydrogens is 320 g/mol. The fraction of sp³-hybridized carbons (Fsp3) is 0.588. The minimum atomic E-state index is -0.579. The maximum absolute atomic E-state index is 12.1. The van der Waals surface area contributed by atoms with E-state index in [4.69, 9.17) is 10.3 Å². The number of hydrogen-bond acceptors (Lipinski definition) is 5. The number of amides is 1. The van der Waals surface area contributed by atoms with Gasteiger partial charge in [0, 0.05) is 49.0 Å². The summed E-state index contributed by atoms with van der Waals surface area (Å²) in [5, 5.41) is 9.85. The van der Waals surface area contributed by atoms with Gasteiger partial charge in [0.05, 0.1) is 0 Å². The van der Waals surface area contributed by atoms with Crippen molar-refractivity contribution in [1.29, 1.82) is 0 Å². The zero-order valence-corrected chi connectivity index (χ0v) is 15.3. The van der Waals surface area contributed by atoms with Gasteiger partial charge in [-0.15, -0.1) is 0 Å². The molecule has 0 aromatic heterocycles. The average Bonchev–Trinajstić information content (AvgIpc) is 2.51. The van der Waals surface area contributed by atoms with Gasteiger partial charge in [-0.3, -0.25) is 10.2 Å². The third kappa shape index (κ3) is 5.94. The first-order valence-electron chi connectivity index (χ1n) is 8.40. The third-order valence-corrected chi connectivity index (χ3v) is 3.84. The number of azide groups is 1. The Morgan fingerprint density at radius 3 is 2.68 bits per heavy atom. The van der Waals surface area contributed by atoms with E-state index >= 15 is 0 Å². The Balaban J connectivity index is 2.24. The van der Waals surface area contributed by atoms with Crippen LogP contribution < -0.4 is 10.6 Å². The minimum Gasteiger partial charge on any atom is -0.444 e. The average molecular weight is 346 g/mol. The molecule has 136 valence electrons. The lowest BCUT2D eigenvalue weighted by molar-refractivity contribution is 0.0636. The van der Waals surface area contributed by atoms with Crippen molar-refractivity contribution in [2.75, 3.05) is 31.5 Å². The SMILES string of the molecule is Cc1c(N=[N+]=[N-])cc(CN2CCNCC2)cc1NC(=O)OC(C)(C)C. The van der Waals surface area contributed by atoms with Crippen LogP contribution in [0.4, 0.5) is 16.2 Å². The summed E-state index contributed by atoms with van der Waals surface area (Å²) < 4.78 is 5.31. The first-order valence-corrected chi connectivity index (χ1v) is 8.40. The molecule has 1 saturated heterocycles. The first-order chi connectivity index (χ1) is 11.8. The summed E-state index contributed by atoms with van der Waals surface area (Å²) in [6, 6.07) is 3.79. The number of ether oxygens (including phenoxy) is 1. The number of nitrogens with one attached hydrogen (secondary N) is 2. The lowest BCUT2D eigenvalue weighted by Crippen LogP contribution is -2.42. The molecule has 1 aromatic carbocycles. The summed E-state index contributed by atoms with van der Waals surface area (Å²) in [6.07, 6.45) is -0.526.